The van der Waals surface area contributed by atoms with E-state index in [4.69, 9.17) is 4.42 Å². The Morgan fingerprint density at radius 3 is 2.88 bits per heavy atom. The van der Waals surface area contributed by atoms with Gasteiger partial charge in [-0.1, -0.05) is 6.07 Å². The molecule has 0 unspecified atom stereocenters. The van der Waals surface area contributed by atoms with Crippen molar-refractivity contribution in [3.63, 3.8) is 0 Å². The summed E-state index contributed by atoms with van der Waals surface area (Å²) in [7, 11) is 0. The highest BCUT2D eigenvalue weighted by molar-refractivity contribution is 5.83. The number of carbonyl (C=O) groups excluding carboxylic acids is 1. The highest BCUT2D eigenvalue weighted by Crippen LogP contribution is 2.15. The van der Waals surface area contributed by atoms with Gasteiger partial charge in [0.25, 0.3) is 5.56 Å². The molecular formula is C18H17N3O3. The predicted octanol–water partition coefficient (Wildman–Crippen LogP) is 2.62. The fraction of sp³-hybridized carbons (Fsp3) is 0.167. The Hall–Kier alpha value is -3.15. The third-order valence-electron chi connectivity index (χ3n) is 3.76. The van der Waals surface area contributed by atoms with Crippen LogP contribution in [0.3, 0.4) is 0 Å². The molecule has 0 saturated carbocycles. The number of nitrogens with one attached hydrogen (secondary N) is 1. The van der Waals surface area contributed by atoms with E-state index < -0.39 is 0 Å². The largest absolute Gasteiger partial charge is 0.467 e. The van der Waals surface area contributed by atoms with Crippen LogP contribution in [0.1, 0.15) is 27.4 Å². The van der Waals surface area contributed by atoms with Gasteiger partial charge in [0, 0.05) is 18.1 Å². The van der Waals surface area contributed by atoms with E-state index in [-0.39, 0.29) is 11.1 Å². The Kier molecular flexibility index (Phi) is 4.56. The van der Waals surface area contributed by atoms with Crippen molar-refractivity contribution in [2.24, 2.45) is 0 Å². The number of rotatable bonds is 6. The molecule has 1 N–H and O–H groups in total. The molecule has 0 saturated heterocycles. The summed E-state index contributed by atoms with van der Waals surface area (Å²) in [6.07, 6.45) is 5.55. The summed E-state index contributed by atoms with van der Waals surface area (Å²) in [6.45, 7) is 2.61. The minimum absolute atomic E-state index is 0.107. The Morgan fingerprint density at radius 2 is 2.21 bits per heavy atom. The molecule has 6 nitrogen and oxygen atoms in total. The Balaban J connectivity index is 1.92. The van der Waals surface area contributed by atoms with E-state index in [1.165, 1.54) is 0 Å². The maximum atomic E-state index is 12.7. The maximum absolute atomic E-state index is 12.7. The molecule has 0 aliphatic heterocycles. The first-order chi connectivity index (χ1) is 11.7. The van der Waals surface area contributed by atoms with E-state index in [2.05, 4.69) is 10.3 Å². The summed E-state index contributed by atoms with van der Waals surface area (Å²) in [6, 6.07) is 9.11. The quantitative estimate of drug-likeness (QED) is 0.706. The molecule has 3 heterocycles. The number of pyridine rings is 2. The van der Waals surface area contributed by atoms with Gasteiger partial charge >= 0.3 is 0 Å². The summed E-state index contributed by atoms with van der Waals surface area (Å²) in [5, 5.41) is 3.09. The van der Waals surface area contributed by atoms with Crippen LogP contribution in [0, 0.1) is 6.92 Å². The third kappa shape index (κ3) is 3.27. The van der Waals surface area contributed by atoms with E-state index >= 15 is 0 Å². The van der Waals surface area contributed by atoms with Crippen molar-refractivity contribution in [2.75, 3.05) is 5.32 Å². The number of aldehydes is 1. The lowest BCUT2D eigenvalue weighted by Crippen LogP contribution is -2.27. The Labute approximate surface area is 138 Å². The molecule has 0 radical (unpaired) electrons. The van der Waals surface area contributed by atoms with Gasteiger partial charge in [-0.25, -0.2) is 0 Å². The smallest absolute Gasteiger partial charge is 0.263 e. The van der Waals surface area contributed by atoms with Crippen molar-refractivity contribution in [1.29, 1.82) is 0 Å². The zero-order valence-electron chi connectivity index (χ0n) is 13.2. The normalized spacial score (nSPS) is 10.5. The second kappa shape index (κ2) is 6.95. The third-order valence-corrected chi connectivity index (χ3v) is 3.76. The van der Waals surface area contributed by atoms with Crippen LogP contribution < -0.4 is 10.9 Å². The highest BCUT2D eigenvalue weighted by Gasteiger charge is 2.13. The number of nitrogens with zero attached hydrogens (tertiary/aromatic N) is 2. The predicted molar refractivity (Wildman–Crippen MR) is 90.2 cm³/mol. The van der Waals surface area contributed by atoms with Gasteiger partial charge in [-0.15, -0.1) is 0 Å². The van der Waals surface area contributed by atoms with Gasteiger partial charge in [0.05, 0.1) is 25.0 Å². The number of furan rings is 1. The van der Waals surface area contributed by atoms with Crippen molar-refractivity contribution < 1.29 is 9.21 Å². The number of aromatic nitrogens is 2. The molecule has 122 valence electrons. The van der Waals surface area contributed by atoms with Crippen LogP contribution in [0.4, 0.5) is 5.69 Å². The molecule has 3 rings (SSSR count). The minimum atomic E-state index is -0.323. The van der Waals surface area contributed by atoms with Gasteiger partial charge in [-0.2, -0.15) is 0 Å². The average molecular weight is 323 g/mol. The van der Waals surface area contributed by atoms with Gasteiger partial charge in [0.1, 0.15) is 11.3 Å². The number of aryl methyl sites for hydroxylation is 1. The Bertz CT molecular complexity index is 884. The zero-order valence-corrected chi connectivity index (χ0v) is 13.2. The standard InChI is InChI=1S/C18H17N3O3/c1-13-8-17(20-10-15-5-3-7-24-15)16(12-22)18(23)21(13)11-14-4-2-6-19-9-14/h2-9,12,20H,10-11H2,1H3. The summed E-state index contributed by atoms with van der Waals surface area (Å²) in [5.41, 5.74) is 1.95. The van der Waals surface area contributed by atoms with Crippen LogP contribution in [-0.2, 0) is 13.1 Å². The van der Waals surface area contributed by atoms with Gasteiger partial charge < -0.3 is 14.3 Å². The van der Waals surface area contributed by atoms with Gasteiger partial charge in [-0.05, 0) is 36.8 Å². The summed E-state index contributed by atoms with van der Waals surface area (Å²) in [4.78, 5) is 28.1. The molecule has 3 aromatic rings. The van der Waals surface area contributed by atoms with Crippen molar-refractivity contribution in [2.45, 2.75) is 20.0 Å². The minimum Gasteiger partial charge on any atom is -0.467 e. The van der Waals surface area contributed by atoms with Crippen LogP contribution >= 0.6 is 0 Å². The van der Waals surface area contributed by atoms with Gasteiger partial charge in [0.15, 0.2) is 6.29 Å². The van der Waals surface area contributed by atoms with Crippen LogP contribution in [0.25, 0.3) is 0 Å². The van der Waals surface area contributed by atoms with Crippen LogP contribution in [0.2, 0.25) is 0 Å². The second-order valence-corrected chi connectivity index (χ2v) is 5.42. The first-order valence-electron chi connectivity index (χ1n) is 7.54. The zero-order chi connectivity index (χ0) is 16.9. The maximum Gasteiger partial charge on any atom is 0.263 e. The number of hydrogen-bond acceptors (Lipinski definition) is 5. The molecule has 3 aromatic heterocycles. The fourth-order valence-electron chi connectivity index (χ4n) is 2.51. The molecule has 24 heavy (non-hydrogen) atoms. The first-order valence-corrected chi connectivity index (χ1v) is 7.54. The molecule has 0 aliphatic carbocycles. The topological polar surface area (TPSA) is 77.1 Å². The molecule has 0 atom stereocenters. The van der Waals surface area contributed by atoms with E-state index in [1.54, 1.807) is 35.4 Å². The first kappa shape index (κ1) is 15.7. The van der Waals surface area contributed by atoms with E-state index in [0.717, 1.165) is 17.0 Å². The molecule has 0 aliphatic rings. The molecule has 0 amide bonds. The van der Waals surface area contributed by atoms with Crippen LogP contribution in [0.5, 0.6) is 0 Å². The SMILES string of the molecule is Cc1cc(NCc2ccco2)c(C=O)c(=O)n1Cc1cccnc1. The van der Waals surface area contributed by atoms with E-state index in [0.29, 0.717) is 25.1 Å². The molecule has 0 aromatic carbocycles. The van der Waals surface area contributed by atoms with E-state index in [9.17, 15) is 9.59 Å². The van der Waals surface area contributed by atoms with Crippen LogP contribution in [-0.4, -0.2) is 15.8 Å². The highest BCUT2D eigenvalue weighted by atomic mass is 16.3. The second-order valence-electron chi connectivity index (χ2n) is 5.42. The monoisotopic (exact) mass is 323 g/mol. The van der Waals surface area contributed by atoms with E-state index in [1.807, 2.05) is 25.1 Å². The fourth-order valence-corrected chi connectivity index (χ4v) is 2.51. The van der Waals surface area contributed by atoms with Crippen LogP contribution in [0.15, 0.2) is 58.2 Å². The van der Waals surface area contributed by atoms with Gasteiger partial charge in [0.2, 0.25) is 0 Å². The van der Waals surface area contributed by atoms with Crippen molar-refractivity contribution >= 4 is 12.0 Å². The Morgan fingerprint density at radius 1 is 1.33 bits per heavy atom. The molecule has 0 spiro atoms. The lowest BCUT2D eigenvalue weighted by atomic mass is 10.2. The molecular weight excluding hydrogens is 306 g/mol. The summed E-state index contributed by atoms with van der Waals surface area (Å²) in [5.74, 6) is 0.726. The number of carbonyl (C=O) groups is 1. The number of anilines is 1. The average Bonchev–Trinajstić information content (AvgIpc) is 3.11. The lowest BCUT2D eigenvalue weighted by Gasteiger charge is -2.14. The van der Waals surface area contributed by atoms with Crippen molar-refractivity contribution in [3.05, 3.63) is 81.9 Å². The van der Waals surface area contributed by atoms with Crippen molar-refractivity contribution in [1.82, 2.24) is 9.55 Å². The van der Waals surface area contributed by atoms with Crippen molar-refractivity contribution in [3.8, 4) is 0 Å². The van der Waals surface area contributed by atoms with Gasteiger partial charge in [-0.3, -0.25) is 14.6 Å². The molecule has 0 fully saturated rings. The number of hydrogen-bond donors (Lipinski definition) is 1. The molecule has 6 heteroatoms. The lowest BCUT2D eigenvalue weighted by molar-refractivity contribution is 0.112. The molecule has 0 bridgehead atoms. The summed E-state index contributed by atoms with van der Waals surface area (Å²) >= 11 is 0. The summed E-state index contributed by atoms with van der Waals surface area (Å²) < 4.78 is 6.82.